The molecule has 1 atom stereocenters. The van der Waals surface area contributed by atoms with Crippen molar-refractivity contribution < 1.29 is 19.1 Å². The van der Waals surface area contributed by atoms with E-state index in [9.17, 15) is 9.59 Å². The molecule has 0 saturated carbocycles. The summed E-state index contributed by atoms with van der Waals surface area (Å²) in [7, 11) is 1.33. The first-order valence-electron chi connectivity index (χ1n) is 5.71. The molecule has 0 radical (unpaired) electrons. The van der Waals surface area contributed by atoms with E-state index < -0.39 is 5.97 Å². The van der Waals surface area contributed by atoms with Gasteiger partial charge in [0.05, 0.1) is 24.7 Å². The lowest BCUT2D eigenvalue weighted by molar-refractivity contribution is -0.0122. The average Bonchev–Trinajstić information content (AvgIpc) is 2.86. The number of morpholine rings is 1. The van der Waals surface area contributed by atoms with Crippen molar-refractivity contribution in [3.8, 4) is 0 Å². The molecule has 1 amide bonds. The Bertz CT molecular complexity index is 457. The number of carbonyl (C=O) groups is 2. The fraction of sp³-hybridized carbons (Fsp3) is 0.500. The van der Waals surface area contributed by atoms with Gasteiger partial charge < -0.3 is 14.4 Å². The number of ether oxygens (including phenoxy) is 2. The topological polar surface area (TPSA) is 55.8 Å². The number of hydrogen-bond acceptors (Lipinski definition) is 5. The molecule has 0 N–H and O–H groups in total. The Hall–Kier alpha value is -1.40. The van der Waals surface area contributed by atoms with Crippen molar-refractivity contribution in [1.29, 1.82) is 0 Å². The van der Waals surface area contributed by atoms with Crippen LogP contribution in [0.5, 0.6) is 0 Å². The van der Waals surface area contributed by atoms with E-state index in [4.69, 9.17) is 4.74 Å². The molecule has 1 aliphatic heterocycles. The summed E-state index contributed by atoms with van der Waals surface area (Å²) in [5.74, 6) is -0.459. The SMILES string of the molecule is COC(=O)c1ccc(C(=O)N2CCOC(C)C2)s1. The highest BCUT2D eigenvalue weighted by Crippen LogP contribution is 2.20. The van der Waals surface area contributed by atoms with Crippen molar-refractivity contribution in [2.45, 2.75) is 13.0 Å². The largest absolute Gasteiger partial charge is 0.465 e. The van der Waals surface area contributed by atoms with Gasteiger partial charge >= 0.3 is 5.97 Å². The van der Waals surface area contributed by atoms with Gasteiger partial charge in [0.25, 0.3) is 5.91 Å². The predicted octanol–water partition coefficient (Wildman–Crippen LogP) is 1.40. The van der Waals surface area contributed by atoms with Crippen molar-refractivity contribution in [1.82, 2.24) is 4.90 Å². The molecule has 6 heteroatoms. The van der Waals surface area contributed by atoms with E-state index in [-0.39, 0.29) is 12.0 Å². The van der Waals surface area contributed by atoms with Gasteiger partial charge in [-0.05, 0) is 19.1 Å². The maximum absolute atomic E-state index is 12.2. The van der Waals surface area contributed by atoms with E-state index in [0.717, 1.165) is 11.3 Å². The molecule has 0 aliphatic carbocycles. The smallest absolute Gasteiger partial charge is 0.348 e. The van der Waals surface area contributed by atoms with Crippen LogP contribution < -0.4 is 0 Å². The van der Waals surface area contributed by atoms with Crippen LogP contribution in [0.15, 0.2) is 12.1 Å². The summed E-state index contributed by atoms with van der Waals surface area (Å²) in [6, 6.07) is 3.28. The van der Waals surface area contributed by atoms with E-state index >= 15 is 0 Å². The lowest BCUT2D eigenvalue weighted by atomic mass is 10.3. The van der Waals surface area contributed by atoms with Crippen LogP contribution in [-0.2, 0) is 9.47 Å². The second-order valence-corrected chi connectivity index (χ2v) is 5.17. The van der Waals surface area contributed by atoms with Crippen LogP contribution in [0.25, 0.3) is 0 Å². The molecule has 1 fully saturated rings. The van der Waals surface area contributed by atoms with Crippen molar-refractivity contribution in [3.05, 3.63) is 21.9 Å². The number of carbonyl (C=O) groups excluding carboxylic acids is 2. The van der Waals surface area contributed by atoms with Crippen molar-refractivity contribution in [2.24, 2.45) is 0 Å². The second-order valence-electron chi connectivity index (χ2n) is 4.09. The Morgan fingerprint density at radius 3 is 2.83 bits per heavy atom. The number of thiophene rings is 1. The lowest BCUT2D eigenvalue weighted by Gasteiger charge is -2.30. The summed E-state index contributed by atoms with van der Waals surface area (Å²) >= 11 is 1.16. The van der Waals surface area contributed by atoms with E-state index in [0.29, 0.717) is 29.5 Å². The molecule has 5 nitrogen and oxygen atoms in total. The van der Waals surface area contributed by atoms with Gasteiger partial charge in [-0.2, -0.15) is 0 Å². The lowest BCUT2D eigenvalue weighted by Crippen LogP contribution is -2.44. The standard InChI is InChI=1S/C12H15NO4S/c1-8-7-13(5-6-17-8)11(14)9-3-4-10(18-9)12(15)16-2/h3-4,8H,5-7H2,1-2H3. The molecule has 2 heterocycles. The highest BCUT2D eigenvalue weighted by Gasteiger charge is 2.24. The molecule has 0 bridgehead atoms. The Morgan fingerprint density at radius 2 is 2.17 bits per heavy atom. The van der Waals surface area contributed by atoms with Crippen LogP contribution in [0.2, 0.25) is 0 Å². The highest BCUT2D eigenvalue weighted by atomic mass is 32.1. The quantitative estimate of drug-likeness (QED) is 0.761. The van der Waals surface area contributed by atoms with Gasteiger partial charge in [-0.3, -0.25) is 4.79 Å². The predicted molar refractivity (Wildman–Crippen MR) is 67.0 cm³/mol. The molecule has 1 aromatic heterocycles. The number of rotatable bonds is 2. The van der Waals surface area contributed by atoms with Crippen LogP contribution in [0.4, 0.5) is 0 Å². The number of hydrogen-bond donors (Lipinski definition) is 0. The van der Waals surface area contributed by atoms with Gasteiger partial charge in [0, 0.05) is 13.1 Å². The zero-order valence-electron chi connectivity index (χ0n) is 10.3. The fourth-order valence-corrected chi connectivity index (χ4v) is 2.71. The van der Waals surface area contributed by atoms with Crippen molar-refractivity contribution in [3.63, 3.8) is 0 Å². The van der Waals surface area contributed by atoms with Crippen molar-refractivity contribution in [2.75, 3.05) is 26.8 Å². The maximum atomic E-state index is 12.2. The third-order valence-electron chi connectivity index (χ3n) is 2.73. The molecule has 1 aliphatic rings. The monoisotopic (exact) mass is 269 g/mol. The second kappa shape index (κ2) is 5.49. The molecule has 0 spiro atoms. The normalized spacial score (nSPS) is 19.7. The summed E-state index contributed by atoms with van der Waals surface area (Å²) in [5, 5.41) is 0. The summed E-state index contributed by atoms with van der Waals surface area (Å²) in [6.07, 6.45) is 0.0581. The molecular weight excluding hydrogens is 254 g/mol. The van der Waals surface area contributed by atoms with Gasteiger partial charge in [-0.1, -0.05) is 0 Å². The van der Waals surface area contributed by atoms with Crippen LogP contribution in [0, 0.1) is 0 Å². The fourth-order valence-electron chi connectivity index (χ4n) is 1.82. The zero-order chi connectivity index (χ0) is 13.1. The van der Waals surface area contributed by atoms with Crippen LogP contribution >= 0.6 is 11.3 Å². The number of methoxy groups -OCH3 is 1. The minimum absolute atomic E-state index is 0.0506. The third-order valence-corrected chi connectivity index (χ3v) is 3.78. The Morgan fingerprint density at radius 1 is 1.44 bits per heavy atom. The van der Waals surface area contributed by atoms with E-state index in [1.807, 2.05) is 6.92 Å². The molecule has 1 unspecified atom stereocenters. The van der Waals surface area contributed by atoms with Crippen LogP contribution in [0.3, 0.4) is 0 Å². The Balaban J connectivity index is 2.08. The number of nitrogens with zero attached hydrogens (tertiary/aromatic N) is 1. The summed E-state index contributed by atoms with van der Waals surface area (Å²) < 4.78 is 10.0. The van der Waals surface area contributed by atoms with Gasteiger partial charge in [-0.25, -0.2) is 4.79 Å². The maximum Gasteiger partial charge on any atom is 0.348 e. The van der Waals surface area contributed by atoms with Gasteiger partial charge in [0.1, 0.15) is 4.88 Å². The molecule has 18 heavy (non-hydrogen) atoms. The molecule has 0 aromatic carbocycles. The number of amides is 1. The molecule has 98 valence electrons. The summed E-state index contributed by atoms with van der Waals surface area (Å²) in [5.41, 5.74) is 0. The van der Waals surface area contributed by atoms with Gasteiger partial charge in [0.2, 0.25) is 0 Å². The first-order valence-corrected chi connectivity index (χ1v) is 6.52. The molecular formula is C12H15NO4S. The van der Waals surface area contributed by atoms with Crippen LogP contribution in [0.1, 0.15) is 26.3 Å². The van der Waals surface area contributed by atoms with Gasteiger partial charge in [0.15, 0.2) is 0 Å². The Kier molecular flexibility index (Phi) is 3.98. The third kappa shape index (κ3) is 2.70. The first-order chi connectivity index (χ1) is 8.61. The van der Waals surface area contributed by atoms with Crippen molar-refractivity contribution >= 4 is 23.2 Å². The molecule has 1 aromatic rings. The number of esters is 1. The zero-order valence-corrected chi connectivity index (χ0v) is 11.2. The van der Waals surface area contributed by atoms with E-state index in [1.54, 1.807) is 17.0 Å². The first kappa shape index (κ1) is 13.0. The average molecular weight is 269 g/mol. The van der Waals surface area contributed by atoms with E-state index in [2.05, 4.69) is 4.74 Å². The summed E-state index contributed by atoms with van der Waals surface area (Å²) in [4.78, 5) is 26.3. The van der Waals surface area contributed by atoms with Gasteiger partial charge in [-0.15, -0.1) is 11.3 Å². The minimum atomic E-state index is -0.408. The summed E-state index contributed by atoms with van der Waals surface area (Å²) in [6.45, 7) is 3.68. The van der Waals surface area contributed by atoms with E-state index in [1.165, 1.54) is 7.11 Å². The Labute approximate surface area is 109 Å². The highest BCUT2D eigenvalue weighted by molar-refractivity contribution is 7.15. The van der Waals surface area contributed by atoms with Crippen LogP contribution in [-0.4, -0.2) is 49.7 Å². The molecule has 1 saturated heterocycles. The molecule has 2 rings (SSSR count). The minimum Gasteiger partial charge on any atom is -0.465 e.